The first-order valence-corrected chi connectivity index (χ1v) is 8.54. The van der Waals surface area contributed by atoms with E-state index in [1.165, 1.54) is 0 Å². The zero-order chi connectivity index (χ0) is 16.9. The van der Waals surface area contributed by atoms with Crippen molar-refractivity contribution in [2.45, 2.75) is 25.0 Å². The van der Waals surface area contributed by atoms with Crippen molar-refractivity contribution in [3.63, 3.8) is 0 Å². The fraction of sp³-hybridized carbons (Fsp3) is 0.444. The van der Waals surface area contributed by atoms with Crippen LogP contribution in [0.25, 0.3) is 0 Å². The SMILES string of the molecule is CCCOC(=O)[C@H]1[C@H]2C(=O)N(c3cccc(Cl)c3)C[C@]23C=C[C@H]1O3. The number of halogens is 1. The first-order valence-electron chi connectivity index (χ1n) is 8.16. The van der Waals surface area contributed by atoms with Crippen LogP contribution in [0.5, 0.6) is 0 Å². The summed E-state index contributed by atoms with van der Waals surface area (Å²) >= 11 is 6.05. The number of hydrogen-bond donors (Lipinski definition) is 0. The minimum atomic E-state index is -0.736. The van der Waals surface area contributed by atoms with Gasteiger partial charge >= 0.3 is 5.97 Å². The molecular formula is C18H18ClNO4. The number of rotatable bonds is 4. The van der Waals surface area contributed by atoms with Crippen LogP contribution in [0.3, 0.4) is 0 Å². The molecule has 24 heavy (non-hydrogen) atoms. The Morgan fingerprint density at radius 2 is 2.33 bits per heavy atom. The van der Waals surface area contributed by atoms with Crippen molar-refractivity contribution in [3.8, 4) is 0 Å². The normalized spacial score (nSPS) is 33.2. The summed E-state index contributed by atoms with van der Waals surface area (Å²) in [7, 11) is 0. The van der Waals surface area contributed by atoms with Crippen LogP contribution in [0.2, 0.25) is 5.02 Å². The Morgan fingerprint density at radius 3 is 3.08 bits per heavy atom. The minimum absolute atomic E-state index is 0.109. The number of esters is 1. The van der Waals surface area contributed by atoms with Crippen LogP contribution in [-0.2, 0) is 19.1 Å². The van der Waals surface area contributed by atoms with Crippen LogP contribution in [0.4, 0.5) is 5.69 Å². The fourth-order valence-corrected chi connectivity index (χ4v) is 4.11. The molecule has 3 aliphatic rings. The third-order valence-electron chi connectivity index (χ3n) is 4.94. The van der Waals surface area contributed by atoms with Crippen molar-refractivity contribution < 1.29 is 19.1 Å². The molecule has 1 aromatic carbocycles. The summed E-state index contributed by atoms with van der Waals surface area (Å²) in [5, 5.41) is 0.564. The molecule has 0 saturated carbocycles. The summed E-state index contributed by atoms with van der Waals surface area (Å²) < 4.78 is 11.3. The highest BCUT2D eigenvalue weighted by molar-refractivity contribution is 6.31. The van der Waals surface area contributed by atoms with Crippen LogP contribution >= 0.6 is 11.6 Å². The van der Waals surface area contributed by atoms with E-state index in [9.17, 15) is 9.59 Å². The van der Waals surface area contributed by atoms with Crippen molar-refractivity contribution in [3.05, 3.63) is 41.4 Å². The lowest BCUT2D eigenvalue weighted by Crippen LogP contribution is -2.40. The lowest BCUT2D eigenvalue weighted by molar-refractivity contribution is -0.152. The molecule has 6 heteroatoms. The molecule has 1 amide bonds. The maximum atomic E-state index is 13.0. The summed E-state index contributed by atoms with van der Waals surface area (Å²) in [6.07, 6.45) is 4.18. The van der Waals surface area contributed by atoms with Crippen molar-refractivity contribution in [2.24, 2.45) is 11.8 Å². The van der Waals surface area contributed by atoms with Crippen molar-refractivity contribution >= 4 is 29.2 Å². The lowest BCUT2D eigenvalue weighted by Gasteiger charge is -2.22. The predicted octanol–water partition coefficient (Wildman–Crippen LogP) is 2.58. The van der Waals surface area contributed by atoms with E-state index in [0.29, 0.717) is 18.2 Å². The number of carbonyl (C=O) groups is 2. The highest BCUT2D eigenvalue weighted by Crippen LogP contribution is 2.52. The molecule has 1 spiro atoms. The standard InChI is InChI=1S/C18H18ClNO4/c1-2-8-23-17(22)14-13-6-7-18(24-13)10-20(16(21)15(14)18)12-5-3-4-11(19)9-12/h3-7,9,13-15H,2,8,10H2,1H3/t13-,14-,15+,18-/m1/s1. The van der Waals surface area contributed by atoms with E-state index in [1.807, 2.05) is 25.1 Å². The molecule has 0 N–H and O–H groups in total. The molecule has 3 heterocycles. The number of benzene rings is 1. The van der Waals surface area contributed by atoms with E-state index < -0.39 is 17.4 Å². The Morgan fingerprint density at radius 1 is 1.50 bits per heavy atom. The number of fused-ring (bicyclic) bond motifs is 1. The summed E-state index contributed by atoms with van der Waals surface area (Å²) in [5.41, 5.74) is -0.0163. The molecule has 1 aromatic rings. The molecule has 2 bridgehead atoms. The largest absolute Gasteiger partial charge is 0.465 e. The highest BCUT2D eigenvalue weighted by Gasteiger charge is 2.67. The smallest absolute Gasteiger partial charge is 0.312 e. The van der Waals surface area contributed by atoms with Crippen LogP contribution in [-0.4, -0.2) is 36.7 Å². The van der Waals surface area contributed by atoms with Gasteiger partial charge in [0, 0.05) is 10.7 Å². The first kappa shape index (κ1) is 15.7. The van der Waals surface area contributed by atoms with Gasteiger partial charge in [0.05, 0.1) is 25.2 Å². The Balaban J connectivity index is 1.65. The average molecular weight is 348 g/mol. The van der Waals surface area contributed by atoms with Crippen LogP contribution in [0.15, 0.2) is 36.4 Å². The lowest BCUT2D eigenvalue weighted by atomic mass is 9.77. The summed E-state index contributed by atoms with van der Waals surface area (Å²) in [5.74, 6) is -1.56. The molecule has 0 aromatic heterocycles. The minimum Gasteiger partial charge on any atom is -0.465 e. The number of ether oxygens (including phenoxy) is 2. The summed E-state index contributed by atoms with van der Waals surface area (Å²) in [6.45, 7) is 2.69. The number of hydrogen-bond acceptors (Lipinski definition) is 4. The number of amides is 1. The Bertz CT molecular complexity index is 733. The second-order valence-corrected chi connectivity index (χ2v) is 6.91. The second-order valence-electron chi connectivity index (χ2n) is 6.47. The molecule has 2 fully saturated rings. The summed E-state index contributed by atoms with van der Waals surface area (Å²) in [4.78, 5) is 27.1. The molecular weight excluding hydrogens is 330 g/mol. The molecule has 0 radical (unpaired) electrons. The van der Waals surface area contributed by atoms with Crippen LogP contribution in [0.1, 0.15) is 13.3 Å². The quantitative estimate of drug-likeness (QED) is 0.620. The zero-order valence-electron chi connectivity index (χ0n) is 13.3. The molecule has 0 unspecified atom stereocenters. The van der Waals surface area contributed by atoms with Crippen molar-refractivity contribution in [1.82, 2.24) is 0 Å². The van der Waals surface area contributed by atoms with Gasteiger partial charge in [-0.15, -0.1) is 0 Å². The van der Waals surface area contributed by atoms with Gasteiger partial charge in [-0.05, 0) is 24.6 Å². The van der Waals surface area contributed by atoms with E-state index in [1.54, 1.807) is 23.1 Å². The molecule has 5 nitrogen and oxygen atoms in total. The van der Waals surface area contributed by atoms with E-state index in [-0.39, 0.29) is 18.0 Å². The van der Waals surface area contributed by atoms with Gasteiger partial charge < -0.3 is 14.4 Å². The topological polar surface area (TPSA) is 55.8 Å². The monoisotopic (exact) mass is 347 g/mol. The predicted molar refractivity (Wildman–Crippen MR) is 88.8 cm³/mol. The molecule has 2 saturated heterocycles. The van der Waals surface area contributed by atoms with E-state index in [2.05, 4.69) is 0 Å². The van der Waals surface area contributed by atoms with Gasteiger partial charge in [-0.2, -0.15) is 0 Å². The van der Waals surface area contributed by atoms with Crippen molar-refractivity contribution in [2.75, 3.05) is 18.1 Å². The molecule has 4 rings (SSSR count). The van der Waals surface area contributed by atoms with Gasteiger partial charge in [-0.25, -0.2) is 0 Å². The third kappa shape index (κ3) is 2.19. The molecule has 4 atom stereocenters. The van der Waals surface area contributed by atoms with E-state index >= 15 is 0 Å². The van der Waals surface area contributed by atoms with Crippen molar-refractivity contribution in [1.29, 1.82) is 0 Å². The maximum Gasteiger partial charge on any atom is 0.312 e. The Hall–Kier alpha value is -1.85. The first-order chi connectivity index (χ1) is 11.6. The van der Waals surface area contributed by atoms with Gasteiger partial charge in [0.1, 0.15) is 11.5 Å². The van der Waals surface area contributed by atoms with Gasteiger partial charge in [0.15, 0.2) is 0 Å². The van der Waals surface area contributed by atoms with Gasteiger partial charge in [0.2, 0.25) is 5.91 Å². The Kier molecular flexibility index (Phi) is 3.66. The summed E-state index contributed by atoms with van der Waals surface area (Å²) in [6, 6.07) is 7.15. The number of nitrogens with zero attached hydrogens (tertiary/aromatic N) is 1. The molecule has 126 valence electrons. The van der Waals surface area contributed by atoms with E-state index in [4.69, 9.17) is 21.1 Å². The number of anilines is 1. The van der Waals surface area contributed by atoms with Gasteiger partial charge in [-0.1, -0.05) is 36.7 Å². The van der Waals surface area contributed by atoms with Gasteiger partial charge in [-0.3, -0.25) is 9.59 Å². The third-order valence-corrected chi connectivity index (χ3v) is 5.18. The molecule has 0 aliphatic carbocycles. The highest BCUT2D eigenvalue weighted by atomic mass is 35.5. The maximum absolute atomic E-state index is 13.0. The van der Waals surface area contributed by atoms with Gasteiger partial charge in [0.25, 0.3) is 0 Å². The van der Waals surface area contributed by atoms with E-state index in [0.717, 1.165) is 12.1 Å². The average Bonchev–Trinajstić information content (AvgIpc) is 3.21. The fourth-order valence-electron chi connectivity index (χ4n) is 3.93. The zero-order valence-corrected chi connectivity index (χ0v) is 14.0. The molecule has 3 aliphatic heterocycles. The Labute approximate surface area is 145 Å². The number of carbonyl (C=O) groups excluding carboxylic acids is 2. The second kappa shape index (κ2) is 5.60. The van der Waals surface area contributed by atoms with Crippen LogP contribution < -0.4 is 4.90 Å². The van der Waals surface area contributed by atoms with Crippen LogP contribution in [0, 0.1) is 11.8 Å².